The number of benzene rings is 1. The molecule has 1 aromatic rings. The predicted molar refractivity (Wildman–Crippen MR) is 72.0 cm³/mol. The molecule has 102 valence electrons. The number of carbonyl (C=O) groups is 1. The zero-order valence-electron chi connectivity index (χ0n) is 10.7. The van der Waals surface area contributed by atoms with Gasteiger partial charge in [0.1, 0.15) is 0 Å². The van der Waals surface area contributed by atoms with Crippen LogP contribution in [0, 0.1) is 10.1 Å². The zero-order chi connectivity index (χ0) is 13.7. The van der Waals surface area contributed by atoms with Crippen LogP contribution in [0.1, 0.15) is 19.3 Å². The predicted octanol–water partition coefficient (Wildman–Crippen LogP) is 2.02. The lowest BCUT2D eigenvalue weighted by Crippen LogP contribution is -2.25. The lowest BCUT2D eigenvalue weighted by molar-refractivity contribution is -0.384. The van der Waals surface area contributed by atoms with Crippen LogP contribution >= 0.6 is 0 Å². The van der Waals surface area contributed by atoms with Gasteiger partial charge in [0.15, 0.2) is 0 Å². The van der Waals surface area contributed by atoms with Crippen LogP contribution in [0.5, 0.6) is 0 Å². The lowest BCUT2D eigenvalue weighted by atomic mass is 10.2. The summed E-state index contributed by atoms with van der Waals surface area (Å²) in [6.45, 7) is 2.93. The number of nitro groups is 1. The Morgan fingerprint density at radius 1 is 1.26 bits per heavy atom. The number of anilines is 1. The third-order valence-electron chi connectivity index (χ3n) is 3.22. The first-order valence-corrected chi connectivity index (χ1v) is 6.42. The average Bonchev–Trinajstić information content (AvgIpc) is 2.90. The normalized spacial score (nSPS) is 15.4. The minimum atomic E-state index is -0.459. The van der Waals surface area contributed by atoms with E-state index in [-0.39, 0.29) is 11.6 Å². The molecule has 0 bridgehead atoms. The van der Waals surface area contributed by atoms with Crippen LogP contribution in [-0.4, -0.2) is 35.4 Å². The van der Waals surface area contributed by atoms with Crippen molar-refractivity contribution in [2.24, 2.45) is 0 Å². The van der Waals surface area contributed by atoms with Crippen LogP contribution in [0.25, 0.3) is 0 Å². The molecular weight excluding hydrogens is 246 g/mol. The molecule has 1 N–H and O–H groups in total. The first-order chi connectivity index (χ1) is 9.15. The van der Waals surface area contributed by atoms with E-state index in [0.717, 1.165) is 19.6 Å². The molecule has 0 aromatic heterocycles. The largest absolute Gasteiger partial charge is 0.326 e. The fourth-order valence-corrected chi connectivity index (χ4v) is 2.16. The second-order valence-corrected chi connectivity index (χ2v) is 4.65. The monoisotopic (exact) mass is 263 g/mol. The van der Waals surface area contributed by atoms with Gasteiger partial charge in [-0.1, -0.05) is 0 Å². The van der Waals surface area contributed by atoms with E-state index in [0.29, 0.717) is 12.1 Å². The van der Waals surface area contributed by atoms with Crippen molar-refractivity contribution in [1.82, 2.24) is 4.90 Å². The number of carbonyl (C=O) groups excluding carboxylic acids is 1. The molecule has 0 spiro atoms. The summed E-state index contributed by atoms with van der Waals surface area (Å²) in [5.74, 6) is -0.0549. The van der Waals surface area contributed by atoms with E-state index in [9.17, 15) is 14.9 Å². The van der Waals surface area contributed by atoms with Crippen molar-refractivity contribution in [1.29, 1.82) is 0 Å². The maximum absolute atomic E-state index is 11.7. The van der Waals surface area contributed by atoms with Crippen molar-refractivity contribution in [3.63, 3.8) is 0 Å². The Hall–Kier alpha value is -1.95. The minimum absolute atomic E-state index is 0.0232. The van der Waals surface area contributed by atoms with Crippen molar-refractivity contribution in [3.05, 3.63) is 34.4 Å². The van der Waals surface area contributed by atoms with Gasteiger partial charge in [-0.3, -0.25) is 14.9 Å². The Labute approximate surface area is 111 Å². The van der Waals surface area contributed by atoms with Gasteiger partial charge < -0.3 is 10.2 Å². The van der Waals surface area contributed by atoms with Gasteiger partial charge in [-0.25, -0.2) is 0 Å². The van der Waals surface area contributed by atoms with Crippen LogP contribution < -0.4 is 5.32 Å². The summed E-state index contributed by atoms with van der Waals surface area (Å²) >= 11 is 0. The molecule has 0 radical (unpaired) electrons. The standard InChI is InChI=1S/C13H17N3O3/c17-13(7-10-15-8-1-2-9-15)14-11-3-5-12(6-4-11)16(18)19/h3-6H,1-2,7-10H2,(H,14,17). The number of hydrogen-bond acceptors (Lipinski definition) is 4. The highest BCUT2D eigenvalue weighted by atomic mass is 16.6. The number of non-ortho nitro benzene ring substituents is 1. The third-order valence-corrected chi connectivity index (χ3v) is 3.22. The van der Waals surface area contributed by atoms with Gasteiger partial charge in [-0.15, -0.1) is 0 Å². The van der Waals surface area contributed by atoms with Crippen molar-refractivity contribution in [2.75, 3.05) is 25.0 Å². The summed E-state index contributed by atoms with van der Waals surface area (Å²) in [5.41, 5.74) is 0.618. The number of nitrogens with zero attached hydrogens (tertiary/aromatic N) is 2. The number of likely N-dealkylation sites (tertiary alicyclic amines) is 1. The molecule has 0 saturated carbocycles. The van der Waals surface area contributed by atoms with Crippen molar-refractivity contribution >= 4 is 17.3 Å². The highest BCUT2D eigenvalue weighted by Gasteiger charge is 2.13. The quantitative estimate of drug-likeness (QED) is 0.651. The number of nitrogens with one attached hydrogen (secondary N) is 1. The van der Waals surface area contributed by atoms with Gasteiger partial charge in [0.05, 0.1) is 4.92 Å². The summed E-state index contributed by atoms with van der Waals surface area (Å²) in [7, 11) is 0. The summed E-state index contributed by atoms with van der Waals surface area (Å²) < 4.78 is 0. The van der Waals surface area contributed by atoms with Crippen molar-refractivity contribution in [3.8, 4) is 0 Å². The average molecular weight is 263 g/mol. The van der Waals surface area contributed by atoms with E-state index in [1.807, 2.05) is 0 Å². The zero-order valence-corrected chi connectivity index (χ0v) is 10.7. The van der Waals surface area contributed by atoms with Gasteiger partial charge in [-0.2, -0.15) is 0 Å². The fraction of sp³-hybridized carbons (Fsp3) is 0.462. The molecule has 0 aliphatic carbocycles. The summed E-state index contributed by atoms with van der Waals surface area (Å²) in [6.07, 6.45) is 2.88. The second kappa shape index (κ2) is 6.29. The number of hydrogen-bond donors (Lipinski definition) is 1. The highest BCUT2D eigenvalue weighted by molar-refractivity contribution is 5.90. The molecule has 0 unspecified atom stereocenters. The summed E-state index contributed by atoms with van der Waals surface area (Å²) in [6, 6.07) is 5.87. The summed E-state index contributed by atoms with van der Waals surface area (Å²) in [5, 5.41) is 13.2. The Morgan fingerprint density at radius 3 is 2.47 bits per heavy atom. The second-order valence-electron chi connectivity index (χ2n) is 4.65. The Kier molecular flexibility index (Phi) is 4.46. The summed E-state index contributed by atoms with van der Waals surface area (Å²) in [4.78, 5) is 24.0. The van der Waals surface area contributed by atoms with Crippen molar-refractivity contribution in [2.45, 2.75) is 19.3 Å². The van der Waals surface area contributed by atoms with E-state index in [1.54, 1.807) is 12.1 Å². The van der Waals surface area contributed by atoms with Crippen LogP contribution in [0.4, 0.5) is 11.4 Å². The van der Waals surface area contributed by atoms with Gasteiger partial charge in [0.2, 0.25) is 5.91 Å². The Bertz CT molecular complexity index is 453. The lowest BCUT2D eigenvalue weighted by Gasteiger charge is -2.13. The van der Waals surface area contributed by atoms with Crippen LogP contribution in [0.2, 0.25) is 0 Å². The maximum atomic E-state index is 11.7. The SMILES string of the molecule is O=C(CCN1CCCC1)Nc1ccc([N+](=O)[O-])cc1. The minimum Gasteiger partial charge on any atom is -0.326 e. The Morgan fingerprint density at radius 2 is 1.89 bits per heavy atom. The molecule has 1 aromatic carbocycles. The molecule has 1 fully saturated rings. The van der Waals surface area contributed by atoms with E-state index in [4.69, 9.17) is 0 Å². The topological polar surface area (TPSA) is 75.5 Å². The molecule has 1 heterocycles. The van der Waals surface area contributed by atoms with Gasteiger partial charge in [-0.05, 0) is 38.1 Å². The van der Waals surface area contributed by atoms with E-state index in [1.165, 1.54) is 25.0 Å². The molecule has 1 aliphatic heterocycles. The maximum Gasteiger partial charge on any atom is 0.269 e. The highest BCUT2D eigenvalue weighted by Crippen LogP contribution is 2.15. The molecule has 1 saturated heterocycles. The van der Waals surface area contributed by atoms with Crippen LogP contribution in [0.15, 0.2) is 24.3 Å². The molecule has 1 aliphatic rings. The molecule has 6 nitrogen and oxygen atoms in total. The van der Waals surface area contributed by atoms with Crippen LogP contribution in [-0.2, 0) is 4.79 Å². The number of nitro benzene ring substituents is 1. The Balaban J connectivity index is 1.79. The molecule has 0 atom stereocenters. The van der Waals surface area contributed by atoms with E-state index in [2.05, 4.69) is 10.2 Å². The van der Waals surface area contributed by atoms with Gasteiger partial charge in [0, 0.05) is 30.8 Å². The van der Waals surface area contributed by atoms with E-state index < -0.39 is 4.92 Å². The molecule has 2 rings (SSSR count). The molecule has 6 heteroatoms. The smallest absolute Gasteiger partial charge is 0.269 e. The third kappa shape index (κ3) is 4.03. The molecular formula is C13H17N3O3. The number of rotatable bonds is 5. The van der Waals surface area contributed by atoms with Crippen molar-refractivity contribution < 1.29 is 9.72 Å². The van der Waals surface area contributed by atoms with Gasteiger partial charge in [0.25, 0.3) is 5.69 Å². The number of amides is 1. The first kappa shape index (κ1) is 13.5. The van der Waals surface area contributed by atoms with Gasteiger partial charge >= 0.3 is 0 Å². The molecule has 1 amide bonds. The fourth-order valence-electron chi connectivity index (χ4n) is 2.16. The molecule has 19 heavy (non-hydrogen) atoms. The first-order valence-electron chi connectivity index (χ1n) is 6.42. The van der Waals surface area contributed by atoms with E-state index >= 15 is 0 Å². The van der Waals surface area contributed by atoms with Crippen LogP contribution in [0.3, 0.4) is 0 Å².